The van der Waals surface area contributed by atoms with Crippen LogP contribution in [0.4, 0.5) is 11.4 Å². The van der Waals surface area contributed by atoms with Gasteiger partial charge in [-0.25, -0.2) is 0 Å². The molecule has 2 N–H and O–H groups in total. The number of hydrogen-bond donors (Lipinski definition) is 2. The largest absolute Gasteiger partial charge is 0.388 e. The number of rotatable bonds is 6. The molecule has 2 aliphatic carbocycles. The molecule has 0 atom stereocenters. The molecule has 68 heavy (non-hydrogen) atoms. The van der Waals surface area contributed by atoms with Gasteiger partial charge in [0, 0.05) is 25.5 Å². The van der Waals surface area contributed by atoms with Crippen molar-refractivity contribution in [3.63, 3.8) is 0 Å². The van der Waals surface area contributed by atoms with Gasteiger partial charge in [-0.2, -0.15) is 0 Å². The molecule has 2 nitrogen and oxygen atoms in total. The highest BCUT2D eigenvalue weighted by molar-refractivity contribution is 6.42. The lowest BCUT2D eigenvalue weighted by Gasteiger charge is -2.20. The Morgan fingerprint density at radius 3 is 0.750 bits per heavy atom. The molecule has 0 aromatic heterocycles. The van der Waals surface area contributed by atoms with Gasteiger partial charge in [-0.1, -0.05) is 182 Å². The van der Waals surface area contributed by atoms with Crippen LogP contribution in [0.5, 0.6) is 0 Å². The first-order chi connectivity index (χ1) is 33.7. The van der Waals surface area contributed by atoms with Gasteiger partial charge in [-0.05, 0) is 178 Å². The first-order valence-electron chi connectivity index (χ1n) is 23.8. The maximum absolute atomic E-state index is 3.35. The SMILES string of the molecule is CNc1ccc(-c2c3c(c(-c4ccc(NC)cc4)c4ccccc24)-c2ccc4c5ccc6c7c(ccc(c8ccc-3c2c84)c75)-c2c-6c(-c3ccccc3)c3ccccc3c2-c2ccccc2)cc1. The van der Waals surface area contributed by atoms with Crippen molar-refractivity contribution in [3.8, 4) is 89.0 Å². The molecule has 13 aromatic rings. The first-order valence-corrected chi connectivity index (χ1v) is 23.8. The Balaban J connectivity index is 1.07. The van der Waals surface area contributed by atoms with Crippen LogP contribution in [0.1, 0.15) is 0 Å². The highest BCUT2D eigenvalue weighted by Crippen LogP contribution is 2.62. The minimum Gasteiger partial charge on any atom is -0.388 e. The Labute approximate surface area is 394 Å². The van der Waals surface area contributed by atoms with Crippen molar-refractivity contribution in [3.05, 3.63) is 206 Å². The Morgan fingerprint density at radius 1 is 0.206 bits per heavy atom. The number of hydrogen-bond acceptors (Lipinski definition) is 2. The molecule has 0 amide bonds. The first kappa shape index (κ1) is 37.5. The van der Waals surface area contributed by atoms with E-state index in [0.717, 1.165) is 11.4 Å². The van der Waals surface area contributed by atoms with E-state index < -0.39 is 0 Å². The van der Waals surface area contributed by atoms with Crippen LogP contribution >= 0.6 is 0 Å². The Kier molecular flexibility index (Phi) is 7.67. The van der Waals surface area contributed by atoms with E-state index in [1.165, 1.54) is 154 Å². The van der Waals surface area contributed by atoms with Crippen LogP contribution in [0.2, 0.25) is 0 Å². The second-order valence-corrected chi connectivity index (χ2v) is 18.6. The monoisotopic (exact) mass is 862 g/mol. The molecule has 0 bridgehead atoms. The normalized spacial score (nSPS) is 12.3. The average molecular weight is 863 g/mol. The highest BCUT2D eigenvalue weighted by Gasteiger charge is 2.35. The van der Waals surface area contributed by atoms with Crippen molar-refractivity contribution in [1.29, 1.82) is 0 Å². The molecule has 0 fully saturated rings. The summed E-state index contributed by atoms with van der Waals surface area (Å²) in [4.78, 5) is 0. The maximum Gasteiger partial charge on any atom is 0.0337 e. The summed E-state index contributed by atoms with van der Waals surface area (Å²) in [5.41, 5.74) is 22.9. The number of anilines is 2. The van der Waals surface area contributed by atoms with Crippen molar-refractivity contribution < 1.29 is 0 Å². The van der Waals surface area contributed by atoms with Crippen LogP contribution in [-0.2, 0) is 0 Å². The summed E-state index contributed by atoms with van der Waals surface area (Å²) in [7, 11) is 3.98. The minimum absolute atomic E-state index is 1.10. The molecule has 316 valence electrons. The molecule has 0 spiro atoms. The van der Waals surface area contributed by atoms with Gasteiger partial charge in [0.2, 0.25) is 0 Å². The number of fused-ring (bicyclic) bond motifs is 10. The van der Waals surface area contributed by atoms with E-state index in [2.05, 4.69) is 217 Å². The molecule has 2 aliphatic rings. The van der Waals surface area contributed by atoms with Crippen LogP contribution in [0, 0.1) is 0 Å². The molecule has 0 unspecified atom stereocenters. The van der Waals surface area contributed by atoms with Gasteiger partial charge in [0.05, 0.1) is 0 Å². The topological polar surface area (TPSA) is 24.1 Å². The van der Waals surface area contributed by atoms with Gasteiger partial charge < -0.3 is 10.6 Å². The Morgan fingerprint density at radius 2 is 0.471 bits per heavy atom. The van der Waals surface area contributed by atoms with Gasteiger partial charge in [0.25, 0.3) is 0 Å². The zero-order chi connectivity index (χ0) is 44.8. The van der Waals surface area contributed by atoms with Gasteiger partial charge in [0.1, 0.15) is 0 Å². The lowest BCUT2D eigenvalue weighted by Crippen LogP contribution is -1.94. The molecular formula is C66H42N2. The number of benzene rings is 13. The zero-order valence-electron chi connectivity index (χ0n) is 37.6. The van der Waals surface area contributed by atoms with E-state index >= 15 is 0 Å². The van der Waals surface area contributed by atoms with Gasteiger partial charge in [-0.3, -0.25) is 0 Å². The molecule has 15 rings (SSSR count). The van der Waals surface area contributed by atoms with Crippen molar-refractivity contribution >= 4 is 76.0 Å². The van der Waals surface area contributed by atoms with E-state index in [9.17, 15) is 0 Å². The van der Waals surface area contributed by atoms with Crippen molar-refractivity contribution in [2.75, 3.05) is 24.7 Å². The van der Waals surface area contributed by atoms with Gasteiger partial charge in [0.15, 0.2) is 0 Å². The van der Waals surface area contributed by atoms with Gasteiger partial charge in [-0.15, -0.1) is 0 Å². The Hall–Kier alpha value is -8.72. The highest BCUT2D eigenvalue weighted by atomic mass is 14.8. The summed E-state index contributed by atoms with van der Waals surface area (Å²) in [5.74, 6) is 0. The third-order valence-corrected chi connectivity index (χ3v) is 15.5. The average Bonchev–Trinajstić information content (AvgIpc) is 3.92. The standard InChI is InChI=1S/C66H42N2/c1-67-41-25-21-39(22-26-41)57-45-19-11-12-20-46(45)58(40-23-27-42(68-2)28-24-40)66-54-36-32-50-48-30-34-52-61-51(33-29-47(59(48)61)49-31-35-53(65(57)66)62(54)60(49)50)63-55(37-13-5-3-6-14-37)43-17-9-10-18-44(43)56(64(52)63)38-15-7-4-8-16-38/h3-36,67-68H,1-2H3. The van der Waals surface area contributed by atoms with E-state index in [1.807, 2.05) is 14.1 Å². The third kappa shape index (κ3) is 4.86. The molecule has 2 heteroatoms. The quantitative estimate of drug-likeness (QED) is 0.129. The molecule has 0 aliphatic heterocycles. The van der Waals surface area contributed by atoms with Crippen LogP contribution < -0.4 is 10.6 Å². The fraction of sp³-hybridized carbons (Fsp3) is 0.0303. The summed E-state index contributed by atoms with van der Waals surface area (Å²) in [6, 6.07) is 77.8. The van der Waals surface area contributed by atoms with Crippen LogP contribution in [0.3, 0.4) is 0 Å². The van der Waals surface area contributed by atoms with Crippen LogP contribution in [0.15, 0.2) is 206 Å². The van der Waals surface area contributed by atoms with Crippen molar-refractivity contribution in [2.45, 2.75) is 0 Å². The number of nitrogens with one attached hydrogen (secondary N) is 2. The van der Waals surface area contributed by atoms with Gasteiger partial charge >= 0.3 is 0 Å². The van der Waals surface area contributed by atoms with E-state index in [1.54, 1.807) is 0 Å². The lowest BCUT2D eigenvalue weighted by molar-refractivity contribution is 1.51. The van der Waals surface area contributed by atoms with Crippen LogP contribution in [-0.4, -0.2) is 14.1 Å². The molecular weight excluding hydrogens is 821 g/mol. The maximum atomic E-state index is 3.35. The summed E-state index contributed by atoms with van der Waals surface area (Å²) in [5, 5.41) is 22.4. The fourth-order valence-corrected chi connectivity index (χ4v) is 12.7. The second-order valence-electron chi connectivity index (χ2n) is 18.6. The van der Waals surface area contributed by atoms with E-state index in [4.69, 9.17) is 0 Å². The Bertz CT molecular complexity index is 4010. The van der Waals surface area contributed by atoms with E-state index in [0.29, 0.717) is 0 Å². The van der Waals surface area contributed by atoms with Crippen molar-refractivity contribution in [2.24, 2.45) is 0 Å². The minimum atomic E-state index is 1.10. The third-order valence-electron chi connectivity index (χ3n) is 15.5. The smallest absolute Gasteiger partial charge is 0.0337 e. The summed E-state index contributed by atoms with van der Waals surface area (Å²) in [6.45, 7) is 0. The molecule has 0 saturated carbocycles. The zero-order valence-corrected chi connectivity index (χ0v) is 37.6. The summed E-state index contributed by atoms with van der Waals surface area (Å²) in [6.07, 6.45) is 0. The fourth-order valence-electron chi connectivity index (χ4n) is 12.7. The predicted molar refractivity (Wildman–Crippen MR) is 292 cm³/mol. The molecule has 13 aromatic carbocycles. The molecule has 0 heterocycles. The van der Waals surface area contributed by atoms with Crippen LogP contribution in [0.25, 0.3) is 154 Å². The lowest BCUT2D eigenvalue weighted by atomic mass is 9.82. The van der Waals surface area contributed by atoms with Crippen molar-refractivity contribution in [1.82, 2.24) is 0 Å². The predicted octanol–water partition coefficient (Wildman–Crippen LogP) is 18.1. The second kappa shape index (κ2) is 13.9. The molecule has 0 saturated heterocycles. The summed E-state index contributed by atoms with van der Waals surface area (Å²) < 4.78 is 0. The van der Waals surface area contributed by atoms with E-state index in [-0.39, 0.29) is 0 Å². The molecule has 0 radical (unpaired) electrons. The summed E-state index contributed by atoms with van der Waals surface area (Å²) >= 11 is 0.